The predicted molar refractivity (Wildman–Crippen MR) is 109 cm³/mol. The van der Waals surface area contributed by atoms with Crippen LogP contribution in [0.15, 0.2) is 48.7 Å². The van der Waals surface area contributed by atoms with Crippen molar-refractivity contribution in [2.45, 2.75) is 25.8 Å². The summed E-state index contributed by atoms with van der Waals surface area (Å²) in [4.78, 5) is 39.8. The maximum absolute atomic E-state index is 12.7. The van der Waals surface area contributed by atoms with Crippen LogP contribution >= 0.6 is 0 Å². The van der Waals surface area contributed by atoms with E-state index in [4.69, 9.17) is 0 Å². The number of non-ortho nitro benzene ring substituents is 1. The number of carbonyl (C=O) groups is 2. The van der Waals surface area contributed by atoms with Crippen LogP contribution in [0.5, 0.6) is 0 Å². The fourth-order valence-corrected chi connectivity index (χ4v) is 3.69. The number of amides is 2. The van der Waals surface area contributed by atoms with Crippen LogP contribution in [0.3, 0.4) is 0 Å². The lowest BCUT2D eigenvalue weighted by molar-refractivity contribution is -0.384. The molecule has 1 fully saturated rings. The van der Waals surface area contributed by atoms with Gasteiger partial charge in [0.2, 0.25) is 5.91 Å². The van der Waals surface area contributed by atoms with Crippen LogP contribution < -0.4 is 10.2 Å². The van der Waals surface area contributed by atoms with Gasteiger partial charge in [0, 0.05) is 35.8 Å². The topological polar surface area (TPSA) is 108 Å². The average molecular weight is 392 g/mol. The lowest BCUT2D eigenvalue weighted by Gasteiger charge is -2.15. The number of hydrogen-bond donors (Lipinski definition) is 2. The third-order valence-corrected chi connectivity index (χ3v) is 5.15. The Hall–Kier alpha value is -3.52. The second-order valence-electron chi connectivity index (χ2n) is 7.17. The van der Waals surface area contributed by atoms with E-state index in [9.17, 15) is 19.7 Å². The minimum atomic E-state index is -0.631. The first kappa shape index (κ1) is 18.8. The number of anilines is 1. The van der Waals surface area contributed by atoms with E-state index in [-0.39, 0.29) is 29.6 Å². The molecule has 8 nitrogen and oxygen atoms in total. The van der Waals surface area contributed by atoms with Crippen LogP contribution in [0.4, 0.5) is 11.4 Å². The van der Waals surface area contributed by atoms with Crippen molar-refractivity contribution in [3.63, 3.8) is 0 Å². The predicted octanol–water partition coefficient (Wildman–Crippen LogP) is 2.85. The zero-order valence-electron chi connectivity index (χ0n) is 15.8. The van der Waals surface area contributed by atoms with Crippen molar-refractivity contribution in [2.24, 2.45) is 0 Å². The van der Waals surface area contributed by atoms with Crippen LogP contribution in [0.2, 0.25) is 0 Å². The molecule has 0 radical (unpaired) electrons. The molecule has 1 aromatic heterocycles. The summed E-state index contributed by atoms with van der Waals surface area (Å²) in [6, 6.07) is 11.1. The molecule has 1 unspecified atom stereocenters. The SMILES string of the molecule is Cc1ccc2[nH]cc(CCNC3CC(=O)N(c4cccc([N+](=O)[O-])c4)C3=O)c2c1. The molecule has 2 aromatic carbocycles. The molecule has 29 heavy (non-hydrogen) atoms. The van der Waals surface area contributed by atoms with E-state index in [2.05, 4.69) is 16.4 Å². The van der Waals surface area contributed by atoms with Crippen LogP contribution in [0, 0.1) is 17.0 Å². The van der Waals surface area contributed by atoms with Crippen molar-refractivity contribution in [3.05, 3.63) is 69.9 Å². The molecule has 4 rings (SSSR count). The van der Waals surface area contributed by atoms with Crippen LogP contribution in [-0.2, 0) is 16.0 Å². The molecule has 1 saturated heterocycles. The first-order valence-corrected chi connectivity index (χ1v) is 9.35. The summed E-state index contributed by atoms with van der Waals surface area (Å²) in [5.74, 6) is -0.749. The second-order valence-corrected chi connectivity index (χ2v) is 7.17. The maximum Gasteiger partial charge on any atom is 0.271 e. The Morgan fingerprint density at radius 2 is 2.07 bits per heavy atom. The highest BCUT2D eigenvalue weighted by molar-refractivity contribution is 6.22. The minimum Gasteiger partial charge on any atom is -0.361 e. The van der Waals surface area contributed by atoms with E-state index in [1.807, 2.05) is 25.3 Å². The number of nitrogens with one attached hydrogen (secondary N) is 2. The summed E-state index contributed by atoms with van der Waals surface area (Å²) in [6.45, 7) is 2.58. The third-order valence-electron chi connectivity index (χ3n) is 5.15. The molecule has 1 aliphatic heterocycles. The molecule has 1 aliphatic rings. The first-order chi connectivity index (χ1) is 13.9. The molecule has 0 aliphatic carbocycles. The number of benzene rings is 2. The Balaban J connectivity index is 1.43. The lowest BCUT2D eigenvalue weighted by atomic mass is 10.1. The number of aryl methyl sites for hydroxylation is 1. The highest BCUT2D eigenvalue weighted by atomic mass is 16.6. The number of fused-ring (bicyclic) bond motifs is 1. The molecule has 0 spiro atoms. The van der Waals surface area contributed by atoms with Crippen molar-refractivity contribution < 1.29 is 14.5 Å². The van der Waals surface area contributed by atoms with Gasteiger partial charge in [-0.1, -0.05) is 17.7 Å². The maximum atomic E-state index is 12.7. The van der Waals surface area contributed by atoms with Gasteiger partial charge in [0.05, 0.1) is 23.1 Å². The molecule has 148 valence electrons. The molecule has 3 aromatic rings. The normalized spacial score (nSPS) is 16.7. The first-order valence-electron chi connectivity index (χ1n) is 9.35. The Morgan fingerprint density at radius 1 is 1.24 bits per heavy atom. The summed E-state index contributed by atoms with van der Waals surface area (Å²) in [7, 11) is 0. The number of hydrogen-bond acceptors (Lipinski definition) is 5. The minimum absolute atomic E-state index is 0.0362. The van der Waals surface area contributed by atoms with Crippen LogP contribution in [0.1, 0.15) is 17.5 Å². The number of H-pyrrole nitrogens is 1. The summed E-state index contributed by atoms with van der Waals surface area (Å²) >= 11 is 0. The number of imide groups is 1. The van der Waals surface area contributed by atoms with E-state index < -0.39 is 11.0 Å². The van der Waals surface area contributed by atoms with Gasteiger partial charge in [-0.25, -0.2) is 4.90 Å². The van der Waals surface area contributed by atoms with Crippen molar-refractivity contribution in [1.82, 2.24) is 10.3 Å². The quantitative estimate of drug-likeness (QED) is 0.381. The summed E-state index contributed by atoms with van der Waals surface area (Å²) in [5, 5.41) is 15.3. The number of rotatable bonds is 6. The number of nitro benzene ring substituents is 1. The van der Waals surface area contributed by atoms with Crippen molar-refractivity contribution in [2.75, 3.05) is 11.4 Å². The highest BCUT2D eigenvalue weighted by Crippen LogP contribution is 2.26. The van der Waals surface area contributed by atoms with Crippen LogP contribution in [0.25, 0.3) is 10.9 Å². The van der Waals surface area contributed by atoms with E-state index in [1.165, 1.54) is 29.8 Å². The van der Waals surface area contributed by atoms with Crippen molar-refractivity contribution in [3.8, 4) is 0 Å². The molecule has 0 bridgehead atoms. The van der Waals surface area contributed by atoms with E-state index >= 15 is 0 Å². The van der Waals surface area contributed by atoms with Gasteiger partial charge in [0.25, 0.3) is 11.6 Å². The van der Waals surface area contributed by atoms with E-state index in [1.54, 1.807) is 0 Å². The summed E-state index contributed by atoms with van der Waals surface area (Å²) in [5.41, 5.74) is 3.45. The summed E-state index contributed by atoms with van der Waals surface area (Å²) in [6.07, 6.45) is 2.70. The monoisotopic (exact) mass is 392 g/mol. The molecule has 2 N–H and O–H groups in total. The van der Waals surface area contributed by atoms with Gasteiger partial charge < -0.3 is 10.3 Å². The Bertz CT molecular complexity index is 1120. The lowest BCUT2D eigenvalue weighted by Crippen LogP contribution is -2.39. The number of aromatic nitrogens is 1. The number of carbonyl (C=O) groups excluding carboxylic acids is 2. The molecule has 1 atom stereocenters. The molecule has 8 heteroatoms. The molecular weight excluding hydrogens is 372 g/mol. The van der Waals surface area contributed by atoms with Crippen molar-refractivity contribution >= 4 is 34.1 Å². The molecule has 2 heterocycles. The smallest absolute Gasteiger partial charge is 0.271 e. The second kappa shape index (κ2) is 7.48. The zero-order chi connectivity index (χ0) is 20.5. The molecule has 2 amide bonds. The van der Waals surface area contributed by atoms with Gasteiger partial charge in [0.1, 0.15) is 0 Å². The fraction of sp³-hybridized carbons (Fsp3) is 0.238. The number of nitrogens with zero attached hydrogens (tertiary/aromatic N) is 2. The number of aromatic amines is 1. The van der Waals surface area contributed by atoms with Crippen LogP contribution in [-0.4, -0.2) is 34.3 Å². The van der Waals surface area contributed by atoms with Gasteiger partial charge in [-0.2, -0.15) is 0 Å². The molecular formula is C21H20N4O4. The van der Waals surface area contributed by atoms with Crippen molar-refractivity contribution in [1.29, 1.82) is 0 Å². The summed E-state index contributed by atoms with van der Waals surface area (Å²) < 4.78 is 0. The molecule has 0 saturated carbocycles. The standard InChI is InChI=1S/C21H20N4O4/c1-13-5-6-18-17(9-13)14(12-23-18)7-8-22-19-11-20(26)24(21(19)27)15-3-2-4-16(10-15)25(28)29/h2-6,9-10,12,19,22-23H,7-8,11H2,1H3. The van der Waals surface area contributed by atoms with E-state index in [0.29, 0.717) is 13.0 Å². The van der Waals surface area contributed by atoms with Gasteiger partial charge in [-0.3, -0.25) is 19.7 Å². The Kier molecular flexibility index (Phi) is 4.85. The number of nitro groups is 1. The largest absolute Gasteiger partial charge is 0.361 e. The highest BCUT2D eigenvalue weighted by Gasteiger charge is 2.39. The Morgan fingerprint density at radius 3 is 2.86 bits per heavy atom. The fourth-order valence-electron chi connectivity index (χ4n) is 3.69. The van der Waals surface area contributed by atoms with E-state index in [0.717, 1.165) is 21.4 Å². The van der Waals surface area contributed by atoms with Gasteiger partial charge >= 0.3 is 0 Å². The average Bonchev–Trinajstić information content (AvgIpc) is 3.22. The zero-order valence-corrected chi connectivity index (χ0v) is 15.8. The Labute approximate surface area is 166 Å². The van der Waals surface area contributed by atoms with Gasteiger partial charge in [-0.15, -0.1) is 0 Å². The third kappa shape index (κ3) is 3.62. The van der Waals surface area contributed by atoms with Gasteiger partial charge in [-0.05, 0) is 37.1 Å². The van der Waals surface area contributed by atoms with Gasteiger partial charge in [0.15, 0.2) is 0 Å².